The van der Waals surface area contributed by atoms with E-state index in [1.165, 1.54) is 148 Å². The molecule has 0 saturated carbocycles. The summed E-state index contributed by atoms with van der Waals surface area (Å²) in [5.41, 5.74) is 0. The maximum Gasteiger partial charge on any atom is 0.306 e. The van der Waals surface area contributed by atoms with Crippen LogP contribution in [0.15, 0.2) is 24.3 Å². The van der Waals surface area contributed by atoms with Crippen LogP contribution in [-0.2, 0) is 38.0 Å². The van der Waals surface area contributed by atoms with Crippen molar-refractivity contribution in [3.63, 3.8) is 0 Å². The molecular weight excluding hydrogens is 949 g/mol. The number of hydrogen-bond acceptors (Lipinski definition) is 15. The molecule has 2 saturated heterocycles. The van der Waals surface area contributed by atoms with E-state index in [0.717, 1.165) is 57.8 Å². The lowest BCUT2D eigenvalue weighted by Gasteiger charge is -2.42. The van der Waals surface area contributed by atoms with Crippen molar-refractivity contribution in [3.05, 3.63) is 24.3 Å². The summed E-state index contributed by atoms with van der Waals surface area (Å²) in [5.74, 6) is -0.930. The van der Waals surface area contributed by atoms with Crippen molar-refractivity contribution >= 4 is 11.9 Å². The molecule has 0 aromatic heterocycles. The van der Waals surface area contributed by atoms with Gasteiger partial charge in [0.1, 0.15) is 55.4 Å². The van der Waals surface area contributed by atoms with Gasteiger partial charge < -0.3 is 64.2 Å². The molecule has 0 aromatic carbocycles. The normalized spacial score (nSPS) is 24.8. The largest absolute Gasteiger partial charge is 0.462 e. The SMILES string of the molecule is CCCCCC/C=C/C=C/CCCCCCCC(=O)O[C@@H](COC(=O)CCCCCCCCCCCCCCCCCCCCCCCCC)CO[C@@H]1O[C@H](CO[C@@H]2O[C@H](CO)[C@H](O)C(O)C2O)[C@H](O)C(O)C1O. The van der Waals surface area contributed by atoms with Gasteiger partial charge >= 0.3 is 11.9 Å². The van der Waals surface area contributed by atoms with Gasteiger partial charge in [0, 0.05) is 12.8 Å². The Kier molecular flexibility index (Phi) is 42.3. The van der Waals surface area contributed by atoms with Crippen LogP contribution in [0, 0.1) is 0 Å². The van der Waals surface area contributed by atoms with Crippen LogP contribution in [0.1, 0.15) is 245 Å². The highest BCUT2D eigenvalue weighted by Gasteiger charge is 2.47. The summed E-state index contributed by atoms with van der Waals surface area (Å²) >= 11 is 0. The van der Waals surface area contributed by atoms with Gasteiger partial charge in [-0.25, -0.2) is 0 Å². The lowest BCUT2D eigenvalue weighted by atomic mass is 9.98. The predicted molar refractivity (Wildman–Crippen MR) is 289 cm³/mol. The van der Waals surface area contributed by atoms with Crippen LogP contribution in [0.5, 0.6) is 0 Å². The fraction of sp³-hybridized carbons (Fsp3) is 0.898. The second-order valence-electron chi connectivity index (χ2n) is 21.2. The van der Waals surface area contributed by atoms with Crippen molar-refractivity contribution in [2.75, 3.05) is 26.4 Å². The summed E-state index contributed by atoms with van der Waals surface area (Å²) in [6.07, 6.45) is 33.5. The molecule has 2 heterocycles. The molecule has 15 nitrogen and oxygen atoms in total. The van der Waals surface area contributed by atoms with Crippen LogP contribution in [0.25, 0.3) is 0 Å². The molecule has 11 atom stereocenters. The van der Waals surface area contributed by atoms with Crippen molar-refractivity contribution in [3.8, 4) is 0 Å². The third kappa shape index (κ3) is 32.7. The number of esters is 2. The minimum atomic E-state index is -1.77. The highest BCUT2D eigenvalue weighted by molar-refractivity contribution is 5.70. The van der Waals surface area contributed by atoms with Crippen LogP contribution < -0.4 is 0 Å². The van der Waals surface area contributed by atoms with E-state index in [4.69, 9.17) is 28.4 Å². The smallest absolute Gasteiger partial charge is 0.306 e. The quantitative estimate of drug-likeness (QED) is 0.0171. The second-order valence-corrected chi connectivity index (χ2v) is 21.2. The lowest BCUT2D eigenvalue weighted by molar-refractivity contribution is -0.332. The zero-order valence-corrected chi connectivity index (χ0v) is 46.3. The number of unbranched alkanes of at least 4 members (excludes halogenated alkanes) is 31. The van der Waals surface area contributed by atoms with Crippen molar-refractivity contribution in [1.29, 1.82) is 0 Å². The Morgan fingerprint density at radius 1 is 0.432 bits per heavy atom. The maximum absolute atomic E-state index is 13.0. The van der Waals surface area contributed by atoms with Gasteiger partial charge in [0.2, 0.25) is 0 Å². The predicted octanol–water partition coefficient (Wildman–Crippen LogP) is 10.3. The fourth-order valence-electron chi connectivity index (χ4n) is 9.56. The Bertz CT molecular complexity index is 1380. The highest BCUT2D eigenvalue weighted by Crippen LogP contribution is 2.27. The number of aliphatic hydroxyl groups excluding tert-OH is 7. The average molecular weight is 1060 g/mol. The van der Waals surface area contributed by atoms with E-state index in [9.17, 15) is 45.3 Å². The summed E-state index contributed by atoms with van der Waals surface area (Å²) in [6, 6.07) is 0. The third-order valence-electron chi connectivity index (χ3n) is 14.5. The van der Waals surface area contributed by atoms with Crippen LogP contribution >= 0.6 is 0 Å². The molecule has 0 amide bonds. The van der Waals surface area contributed by atoms with E-state index in [1.807, 2.05) is 0 Å². The van der Waals surface area contributed by atoms with Crippen molar-refractivity contribution in [2.24, 2.45) is 0 Å². The van der Waals surface area contributed by atoms with Gasteiger partial charge in [-0.2, -0.15) is 0 Å². The highest BCUT2D eigenvalue weighted by atomic mass is 16.7. The molecule has 7 N–H and O–H groups in total. The summed E-state index contributed by atoms with van der Waals surface area (Å²) in [4.78, 5) is 25.9. The molecule has 0 spiro atoms. The Morgan fingerprint density at radius 2 is 0.797 bits per heavy atom. The zero-order valence-electron chi connectivity index (χ0n) is 46.3. The average Bonchev–Trinajstić information content (AvgIpc) is 3.39. The first kappa shape index (κ1) is 68.1. The molecule has 0 aromatic rings. The monoisotopic (exact) mass is 1060 g/mol. The molecular formula is C59H108O15. The van der Waals surface area contributed by atoms with Gasteiger partial charge in [-0.15, -0.1) is 0 Å². The Balaban J connectivity index is 1.72. The summed E-state index contributed by atoms with van der Waals surface area (Å²) in [7, 11) is 0. The molecule has 2 fully saturated rings. The summed E-state index contributed by atoms with van der Waals surface area (Å²) < 4.78 is 33.7. The molecule has 0 aliphatic carbocycles. The van der Waals surface area contributed by atoms with E-state index in [0.29, 0.717) is 12.8 Å². The number of allylic oxidation sites excluding steroid dienone is 4. The number of hydrogen-bond donors (Lipinski definition) is 7. The van der Waals surface area contributed by atoms with Crippen molar-refractivity contribution < 1.29 is 73.8 Å². The van der Waals surface area contributed by atoms with Crippen LogP contribution in [0.2, 0.25) is 0 Å². The first-order valence-electron chi connectivity index (χ1n) is 29.9. The molecule has 2 aliphatic rings. The summed E-state index contributed by atoms with van der Waals surface area (Å²) in [6.45, 7) is 2.60. The maximum atomic E-state index is 13.0. The molecule has 0 bridgehead atoms. The van der Waals surface area contributed by atoms with Crippen LogP contribution in [-0.4, -0.2) is 142 Å². The van der Waals surface area contributed by atoms with E-state index < -0.39 is 92.7 Å². The van der Waals surface area contributed by atoms with Crippen molar-refractivity contribution in [2.45, 2.75) is 313 Å². The molecule has 2 rings (SSSR count). The van der Waals surface area contributed by atoms with Crippen molar-refractivity contribution in [1.82, 2.24) is 0 Å². The second kappa shape index (κ2) is 45.9. The Hall–Kier alpha value is -2.02. The lowest BCUT2D eigenvalue weighted by Crippen LogP contribution is -2.61. The van der Waals surface area contributed by atoms with Gasteiger partial charge in [0.25, 0.3) is 0 Å². The number of rotatable bonds is 48. The first-order valence-corrected chi connectivity index (χ1v) is 29.9. The fourth-order valence-corrected chi connectivity index (χ4v) is 9.56. The van der Waals surface area contributed by atoms with E-state index in [-0.39, 0.29) is 26.1 Å². The number of carbonyl (C=O) groups excluding carboxylic acids is 2. The molecule has 2 aliphatic heterocycles. The minimum Gasteiger partial charge on any atom is -0.462 e. The molecule has 434 valence electrons. The van der Waals surface area contributed by atoms with Crippen LogP contribution in [0.4, 0.5) is 0 Å². The Labute approximate surface area is 447 Å². The topological polar surface area (TPSA) is 231 Å². The van der Waals surface area contributed by atoms with E-state index in [2.05, 4.69) is 38.2 Å². The van der Waals surface area contributed by atoms with Gasteiger partial charge in [-0.1, -0.05) is 218 Å². The standard InChI is InChI=1S/C59H108O15/c1-3-5-7-9-11-13-15-17-19-20-21-22-23-24-25-26-28-29-31-33-35-37-39-41-50(61)69-44-47(72-51(62)42-40-38-36-34-32-30-27-18-16-14-12-10-8-6-4-2)45-70-58-57(68)55(66)53(64)49(74-58)46-71-59-56(67)54(65)52(63)48(43-60)73-59/h14,16,18,27,47-49,52-60,63-68H,3-13,15,17,19-26,28-46H2,1-2H3/b16-14+,27-18+/t47-,48+,49+,52-,53-,54?,55?,56?,57?,58+,59+/m0/s1. The zero-order chi connectivity index (χ0) is 53.9. The molecule has 74 heavy (non-hydrogen) atoms. The molecule has 4 unspecified atom stereocenters. The van der Waals surface area contributed by atoms with Gasteiger partial charge in [0.15, 0.2) is 18.7 Å². The number of aliphatic hydroxyl groups is 7. The molecule has 0 radical (unpaired) electrons. The first-order chi connectivity index (χ1) is 36.0. The Morgan fingerprint density at radius 3 is 1.24 bits per heavy atom. The van der Waals surface area contributed by atoms with Crippen LogP contribution in [0.3, 0.4) is 0 Å². The van der Waals surface area contributed by atoms with Gasteiger partial charge in [-0.3, -0.25) is 9.59 Å². The number of ether oxygens (including phenoxy) is 6. The number of carbonyl (C=O) groups is 2. The molecule has 15 heteroatoms. The van der Waals surface area contributed by atoms with E-state index >= 15 is 0 Å². The van der Waals surface area contributed by atoms with E-state index in [1.54, 1.807) is 0 Å². The van der Waals surface area contributed by atoms with Gasteiger partial charge in [0.05, 0.1) is 19.8 Å². The third-order valence-corrected chi connectivity index (χ3v) is 14.5. The van der Waals surface area contributed by atoms with Gasteiger partial charge in [-0.05, 0) is 38.5 Å². The summed E-state index contributed by atoms with van der Waals surface area (Å²) in [5, 5.41) is 72.3. The minimum absolute atomic E-state index is 0.151.